The van der Waals surface area contributed by atoms with Gasteiger partial charge < -0.3 is 15.6 Å². The SMILES string of the molecule is CCn1nccc1C(=O)N[C@H](c1nc2c(F)c(C[C@@H]3C[C@@H](C(F)(F)F)NC3=O)ccc2[nH]1)C(C1CC1)C1CC1. The number of benzene rings is 1. The molecule has 3 fully saturated rings. The summed E-state index contributed by atoms with van der Waals surface area (Å²) in [5, 5.41) is 9.31. The number of nitrogens with zero attached hydrogens (tertiary/aromatic N) is 3. The van der Waals surface area contributed by atoms with E-state index in [9.17, 15) is 22.8 Å². The number of carbonyl (C=O) groups excluding carboxylic acids is 2. The number of aromatic amines is 1. The van der Waals surface area contributed by atoms with Crippen LogP contribution in [0.3, 0.4) is 0 Å². The first-order valence-electron chi connectivity index (χ1n) is 13.5. The summed E-state index contributed by atoms with van der Waals surface area (Å²) in [7, 11) is 0. The average Bonchev–Trinajstić information content (AvgIpc) is 3.78. The number of hydrogen-bond donors (Lipinski definition) is 3. The van der Waals surface area contributed by atoms with Crippen LogP contribution in [0.15, 0.2) is 24.4 Å². The smallest absolute Gasteiger partial charge is 0.344 e. The molecule has 0 unspecified atom stereocenters. The molecule has 2 aromatic heterocycles. The van der Waals surface area contributed by atoms with Gasteiger partial charge in [0, 0.05) is 18.7 Å². The second-order valence-corrected chi connectivity index (χ2v) is 11.0. The standard InChI is InChI=1S/C27H30F4N6O2/c1-2-37-18(9-10-32-37)26(39)36-23(20(13-3-4-13)14-5-6-14)24-33-17-8-7-15(21(28)22(17)35-24)11-16-12-19(27(29,30)31)34-25(16)38/h7-10,13-14,16,19-20,23H,2-6,11-12H2,1H3,(H,33,35)(H,34,38)(H,36,39)/t16-,19+,23+/m1/s1. The number of amides is 2. The van der Waals surface area contributed by atoms with E-state index < -0.39 is 42.3 Å². The van der Waals surface area contributed by atoms with Gasteiger partial charge in [0.1, 0.15) is 23.1 Å². The summed E-state index contributed by atoms with van der Waals surface area (Å²) in [6.45, 7) is 2.44. The van der Waals surface area contributed by atoms with Gasteiger partial charge in [0.15, 0.2) is 5.82 Å². The highest BCUT2D eigenvalue weighted by molar-refractivity contribution is 5.92. The predicted molar refractivity (Wildman–Crippen MR) is 133 cm³/mol. The predicted octanol–water partition coefficient (Wildman–Crippen LogP) is 4.44. The average molecular weight is 547 g/mol. The Bertz CT molecular complexity index is 1390. The zero-order valence-corrected chi connectivity index (χ0v) is 21.4. The zero-order chi connectivity index (χ0) is 27.5. The van der Waals surface area contributed by atoms with Gasteiger partial charge in [0.05, 0.1) is 11.6 Å². The van der Waals surface area contributed by atoms with Crippen molar-refractivity contribution in [2.75, 3.05) is 0 Å². The molecule has 6 rings (SSSR count). The maximum absolute atomic E-state index is 15.6. The van der Waals surface area contributed by atoms with E-state index in [-0.39, 0.29) is 29.3 Å². The summed E-state index contributed by atoms with van der Waals surface area (Å²) < 4.78 is 56.5. The number of carbonyl (C=O) groups is 2. The molecule has 12 heteroatoms. The molecule has 1 aliphatic heterocycles. The highest BCUT2D eigenvalue weighted by Crippen LogP contribution is 2.54. The van der Waals surface area contributed by atoms with Crippen molar-refractivity contribution in [1.82, 2.24) is 30.4 Å². The van der Waals surface area contributed by atoms with Gasteiger partial charge >= 0.3 is 6.18 Å². The van der Waals surface area contributed by atoms with Gasteiger partial charge in [-0.15, -0.1) is 0 Å². The Morgan fingerprint density at radius 1 is 1.18 bits per heavy atom. The van der Waals surface area contributed by atoms with E-state index in [2.05, 4.69) is 20.4 Å². The maximum Gasteiger partial charge on any atom is 0.408 e. The van der Waals surface area contributed by atoms with Crippen LogP contribution in [0.5, 0.6) is 0 Å². The van der Waals surface area contributed by atoms with Crippen molar-refractivity contribution in [1.29, 1.82) is 0 Å². The number of nitrogens with one attached hydrogen (secondary N) is 3. The number of halogens is 4. The number of hydrogen-bond acceptors (Lipinski definition) is 4. The van der Waals surface area contributed by atoms with E-state index in [1.54, 1.807) is 23.0 Å². The Morgan fingerprint density at radius 2 is 1.90 bits per heavy atom. The minimum absolute atomic E-state index is 0.0523. The number of alkyl halides is 3. The van der Waals surface area contributed by atoms with Gasteiger partial charge in [-0.1, -0.05) is 6.07 Å². The van der Waals surface area contributed by atoms with E-state index in [0.717, 1.165) is 25.7 Å². The number of imidazole rings is 1. The van der Waals surface area contributed by atoms with Crippen LogP contribution in [-0.2, 0) is 17.8 Å². The van der Waals surface area contributed by atoms with Crippen LogP contribution >= 0.6 is 0 Å². The van der Waals surface area contributed by atoms with E-state index >= 15 is 4.39 Å². The zero-order valence-electron chi connectivity index (χ0n) is 21.4. The molecule has 0 radical (unpaired) electrons. The van der Waals surface area contributed by atoms with E-state index in [1.807, 2.05) is 12.2 Å². The van der Waals surface area contributed by atoms with Gasteiger partial charge in [0.2, 0.25) is 5.91 Å². The Morgan fingerprint density at radius 3 is 2.51 bits per heavy atom. The molecule has 1 saturated heterocycles. The third-order valence-corrected chi connectivity index (χ3v) is 8.31. The largest absolute Gasteiger partial charge is 0.408 e. The molecule has 8 nitrogen and oxygen atoms in total. The highest BCUT2D eigenvalue weighted by atomic mass is 19.4. The molecule has 2 aliphatic carbocycles. The number of aromatic nitrogens is 4. The topological polar surface area (TPSA) is 105 Å². The second kappa shape index (κ2) is 9.63. The van der Waals surface area contributed by atoms with Gasteiger partial charge in [-0.05, 0) is 80.9 Å². The minimum atomic E-state index is -4.54. The van der Waals surface area contributed by atoms with Gasteiger partial charge in [0.25, 0.3) is 5.91 Å². The van der Waals surface area contributed by atoms with E-state index in [1.165, 1.54) is 6.07 Å². The normalized spacial score (nSPS) is 22.5. The van der Waals surface area contributed by atoms with Crippen molar-refractivity contribution in [3.8, 4) is 0 Å². The lowest BCUT2D eigenvalue weighted by atomic mass is 9.88. The summed E-state index contributed by atoms with van der Waals surface area (Å²) >= 11 is 0. The Kier molecular flexibility index (Phi) is 6.38. The molecule has 39 heavy (non-hydrogen) atoms. The van der Waals surface area contributed by atoms with Crippen molar-refractivity contribution < 1.29 is 27.2 Å². The van der Waals surface area contributed by atoms with Crippen molar-refractivity contribution in [2.24, 2.45) is 23.7 Å². The molecule has 1 aromatic carbocycles. The quantitative estimate of drug-likeness (QED) is 0.345. The molecule has 208 valence electrons. The van der Waals surface area contributed by atoms with Gasteiger partial charge in [-0.2, -0.15) is 18.3 Å². The van der Waals surface area contributed by atoms with Crippen LogP contribution in [0.25, 0.3) is 11.0 Å². The fourth-order valence-electron chi connectivity index (χ4n) is 6.04. The fraction of sp³-hybridized carbons (Fsp3) is 0.556. The molecular weight excluding hydrogens is 516 g/mol. The molecule has 3 aromatic rings. The van der Waals surface area contributed by atoms with Crippen LogP contribution in [0, 0.1) is 29.5 Å². The molecule has 3 aliphatic rings. The lowest BCUT2D eigenvalue weighted by Gasteiger charge is -2.27. The van der Waals surface area contributed by atoms with E-state index in [4.69, 9.17) is 0 Å². The number of aryl methyl sites for hydroxylation is 1. The first-order valence-corrected chi connectivity index (χ1v) is 13.5. The summed E-state index contributed by atoms with van der Waals surface area (Å²) in [5.74, 6) is -1.13. The summed E-state index contributed by atoms with van der Waals surface area (Å²) in [6, 6.07) is 2.40. The van der Waals surface area contributed by atoms with Crippen molar-refractivity contribution in [3.05, 3.63) is 47.3 Å². The van der Waals surface area contributed by atoms with Crippen molar-refractivity contribution in [2.45, 2.75) is 70.3 Å². The summed E-state index contributed by atoms with van der Waals surface area (Å²) in [5.41, 5.74) is 1.05. The molecule has 0 spiro atoms. The van der Waals surface area contributed by atoms with Crippen LogP contribution in [0.1, 0.15) is 66.9 Å². The Labute approximate surface area is 221 Å². The lowest BCUT2D eigenvalue weighted by Crippen LogP contribution is -2.38. The highest BCUT2D eigenvalue weighted by Gasteiger charge is 2.49. The molecule has 0 bridgehead atoms. The molecule has 3 N–H and O–H groups in total. The maximum atomic E-state index is 15.6. The number of fused-ring (bicyclic) bond motifs is 1. The van der Waals surface area contributed by atoms with E-state index in [0.29, 0.717) is 35.4 Å². The van der Waals surface area contributed by atoms with Crippen LogP contribution in [-0.4, -0.2) is 43.8 Å². The van der Waals surface area contributed by atoms with Crippen LogP contribution in [0.2, 0.25) is 0 Å². The lowest BCUT2D eigenvalue weighted by molar-refractivity contribution is -0.154. The Balaban J connectivity index is 1.30. The second-order valence-electron chi connectivity index (χ2n) is 11.0. The van der Waals surface area contributed by atoms with Crippen LogP contribution < -0.4 is 10.6 Å². The molecule has 3 heterocycles. The first kappa shape index (κ1) is 25.8. The number of H-pyrrole nitrogens is 1. The molecule has 2 amide bonds. The summed E-state index contributed by atoms with van der Waals surface area (Å²) in [6.07, 6.45) is 0.727. The first-order chi connectivity index (χ1) is 18.6. The molecule has 2 saturated carbocycles. The van der Waals surface area contributed by atoms with Crippen molar-refractivity contribution in [3.63, 3.8) is 0 Å². The van der Waals surface area contributed by atoms with Gasteiger partial charge in [-0.25, -0.2) is 9.37 Å². The third kappa shape index (κ3) is 5.00. The third-order valence-electron chi connectivity index (χ3n) is 8.31. The number of rotatable bonds is 9. The summed E-state index contributed by atoms with van der Waals surface area (Å²) in [4.78, 5) is 33.3. The fourth-order valence-corrected chi connectivity index (χ4v) is 6.04. The monoisotopic (exact) mass is 546 g/mol. The van der Waals surface area contributed by atoms with Crippen LogP contribution in [0.4, 0.5) is 17.6 Å². The minimum Gasteiger partial charge on any atom is -0.344 e. The van der Waals surface area contributed by atoms with Crippen molar-refractivity contribution >= 4 is 22.8 Å². The Hall–Kier alpha value is -3.44. The molecular formula is C27H30F4N6O2. The molecule has 3 atom stereocenters. The van der Waals surface area contributed by atoms with Gasteiger partial charge in [-0.3, -0.25) is 14.3 Å².